The van der Waals surface area contributed by atoms with Gasteiger partial charge in [0.1, 0.15) is 11.5 Å². The van der Waals surface area contributed by atoms with Gasteiger partial charge in [0.15, 0.2) is 0 Å². The Balaban J connectivity index is 1.69. The molecule has 0 bridgehead atoms. The Morgan fingerprint density at radius 3 is 2.48 bits per heavy atom. The summed E-state index contributed by atoms with van der Waals surface area (Å²) in [5.41, 5.74) is 2.69. The third-order valence-electron chi connectivity index (χ3n) is 4.46. The van der Waals surface area contributed by atoms with Gasteiger partial charge in [0.05, 0.1) is 18.4 Å². The highest BCUT2D eigenvalue weighted by atomic mass is 32.1. The van der Waals surface area contributed by atoms with Crippen molar-refractivity contribution in [3.63, 3.8) is 0 Å². The molecule has 4 rings (SSSR count). The Morgan fingerprint density at radius 1 is 1.04 bits per heavy atom. The largest absolute Gasteiger partial charge is 0.467 e. The van der Waals surface area contributed by atoms with E-state index in [9.17, 15) is 9.59 Å². The van der Waals surface area contributed by atoms with Crippen LogP contribution in [-0.4, -0.2) is 16.7 Å². The Bertz CT molecular complexity index is 987. The molecule has 0 aliphatic carbocycles. The number of hydrogen-bond acceptors (Lipinski definition) is 5. The topological polar surface area (TPSA) is 62.6 Å². The molecule has 1 aliphatic heterocycles. The SMILES string of the molecule is CCc1ccc(NC2=C(c3cccs3)C(=O)N(Cc3ccco3)C2=O)cc1. The number of imide groups is 1. The van der Waals surface area contributed by atoms with Crippen LogP contribution in [0.3, 0.4) is 0 Å². The number of carbonyl (C=O) groups excluding carboxylic acids is 2. The van der Waals surface area contributed by atoms with Gasteiger partial charge in [-0.25, -0.2) is 0 Å². The second-order valence-corrected chi connectivity index (χ2v) is 7.13. The van der Waals surface area contributed by atoms with Crippen LogP contribution in [0.5, 0.6) is 0 Å². The molecule has 0 unspecified atom stereocenters. The van der Waals surface area contributed by atoms with Crippen LogP contribution in [0.1, 0.15) is 23.1 Å². The van der Waals surface area contributed by atoms with E-state index in [4.69, 9.17) is 4.42 Å². The molecule has 0 saturated heterocycles. The molecule has 136 valence electrons. The van der Waals surface area contributed by atoms with Crippen LogP contribution in [0.4, 0.5) is 5.69 Å². The fourth-order valence-corrected chi connectivity index (χ4v) is 3.78. The predicted molar refractivity (Wildman–Crippen MR) is 105 cm³/mol. The summed E-state index contributed by atoms with van der Waals surface area (Å²) in [5, 5.41) is 5.06. The van der Waals surface area contributed by atoms with Crippen LogP contribution in [0, 0.1) is 0 Å². The molecule has 0 fully saturated rings. The van der Waals surface area contributed by atoms with Crippen LogP contribution in [0.15, 0.2) is 70.3 Å². The number of carbonyl (C=O) groups is 2. The van der Waals surface area contributed by atoms with Crippen molar-refractivity contribution in [3.8, 4) is 0 Å². The van der Waals surface area contributed by atoms with Gasteiger partial charge in [-0.05, 0) is 47.7 Å². The van der Waals surface area contributed by atoms with Crippen LogP contribution in [-0.2, 0) is 22.6 Å². The number of aryl methyl sites for hydroxylation is 1. The van der Waals surface area contributed by atoms with E-state index in [-0.39, 0.29) is 18.4 Å². The summed E-state index contributed by atoms with van der Waals surface area (Å²) in [6.07, 6.45) is 2.47. The van der Waals surface area contributed by atoms with Gasteiger partial charge in [-0.15, -0.1) is 11.3 Å². The van der Waals surface area contributed by atoms with Gasteiger partial charge in [0, 0.05) is 10.6 Å². The zero-order valence-electron chi connectivity index (χ0n) is 14.8. The van der Waals surface area contributed by atoms with Crippen molar-refractivity contribution in [1.29, 1.82) is 0 Å². The number of rotatable bonds is 6. The van der Waals surface area contributed by atoms with Crippen molar-refractivity contribution >= 4 is 34.4 Å². The molecule has 6 heteroatoms. The minimum absolute atomic E-state index is 0.111. The zero-order valence-corrected chi connectivity index (χ0v) is 15.6. The van der Waals surface area contributed by atoms with E-state index >= 15 is 0 Å². The molecule has 1 aromatic carbocycles. The molecule has 3 heterocycles. The lowest BCUT2D eigenvalue weighted by molar-refractivity contribution is -0.137. The number of hydrogen-bond donors (Lipinski definition) is 1. The van der Waals surface area contributed by atoms with Crippen LogP contribution in [0.2, 0.25) is 0 Å². The average Bonchev–Trinajstić information content (AvgIpc) is 3.42. The summed E-state index contributed by atoms with van der Waals surface area (Å²) in [4.78, 5) is 28.0. The summed E-state index contributed by atoms with van der Waals surface area (Å²) in [5.74, 6) is -0.0957. The number of furan rings is 1. The summed E-state index contributed by atoms with van der Waals surface area (Å²) >= 11 is 1.44. The van der Waals surface area contributed by atoms with E-state index in [1.807, 2.05) is 41.8 Å². The second-order valence-electron chi connectivity index (χ2n) is 6.18. The minimum atomic E-state index is -0.348. The first-order chi connectivity index (χ1) is 13.2. The third-order valence-corrected chi connectivity index (χ3v) is 5.35. The molecule has 1 aliphatic rings. The highest BCUT2D eigenvalue weighted by Gasteiger charge is 2.40. The van der Waals surface area contributed by atoms with E-state index in [1.54, 1.807) is 12.1 Å². The first-order valence-electron chi connectivity index (χ1n) is 8.70. The summed E-state index contributed by atoms with van der Waals surface area (Å²) in [6, 6.07) is 15.1. The fraction of sp³-hybridized carbons (Fsp3) is 0.143. The molecule has 1 N–H and O–H groups in total. The van der Waals surface area contributed by atoms with Gasteiger partial charge in [-0.1, -0.05) is 25.1 Å². The summed E-state index contributed by atoms with van der Waals surface area (Å²) < 4.78 is 5.31. The third kappa shape index (κ3) is 3.31. The number of anilines is 1. The van der Waals surface area contributed by atoms with Crippen molar-refractivity contribution < 1.29 is 14.0 Å². The highest BCUT2D eigenvalue weighted by molar-refractivity contribution is 7.11. The maximum Gasteiger partial charge on any atom is 0.278 e. The molecular formula is C21H18N2O3S. The quantitative estimate of drug-likeness (QED) is 0.650. The molecule has 27 heavy (non-hydrogen) atoms. The Kier molecular flexibility index (Phi) is 4.64. The van der Waals surface area contributed by atoms with Gasteiger partial charge in [-0.2, -0.15) is 0 Å². The maximum atomic E-state index is 13.0. The number of benzene rings is 1. The number of nitrogens with zero attached hydrogens (tertiary/aromatic N) is 1. The van der Waals surface area contributed by atoms with Gasteiger partial charge in [0.25, 0.3) is 11.8 Å². The number of thiophene rings is 1. The van der Waals surface area contributed by atoms with Crippen molar-refractivity contribution in [2.75, 3.05) is 5.32 Å². The van der Waals surface area contributed by atoms with Gasteiger partial charge < -0.3 is 9.73 Å². The van der Waals surface area contributed by atoms with Gasteiger partial charge in [-0.3, -0.25) is 14.5 Å². The number of nitrogens with one attached hydrogen (secondary N) is 1. The van der Waals surface area contributed by atoms with E-state index in [2.05, 4.69) is 12.2 Å². The van der Waals surface area contributed by atoms with E-state index < -0.39 is 0 Å². The monoisotopic (exact) mass is 378 g/mol. The Hall–Kier alpha value is -3.12. The van der Waals surface area contributed by atoms with Crippen LogP contribution in [0.25, 0.3) is 5.57 Å². The van der Waals surface area contributed by atoms with E-state index in [0.717, 1.165) is 17.0 Å². The highest BCUT2D eigenvalue weighted by Crippen LogP contribution is 2.33. The van der Waals surface area contributed by atoms with Gasteiger partial charge in [0.2, 0.25) is 0 Å². The predicted octanol–water partition coefficient (Wildman–Crippen LogP) is 4.30. The van der Waals surface area contributed by atoms with Crippen molar-refractivity contribution in [2.24, 2.45) is 0 Å². The molecule has 3 aromatic rings. The summed E-state index contributed by atoms with van der Waals surface area (Å²) in [6.45, 7) is 2.20. The van der Waals surface area contributed by atoms with Gasteiger partial charge >= 0.3 is 0 Å². The first kappa shape index (κ1) is 17.3. The lowest BCUT2D eigenvalue weighted by atomic mass is 10.1. The lowest BCUT2D eigenvalue weighted by Gasteiger charge is -2.13. The van der Waals surface area contributed by atoms with E-state index in [1.165, 1.54) is 28.1 Å². The molecule has 5 nitrogen and oxygen atoms in total. The molecular weight excluding hydrogens is 360 g/mol. The standard InChI is InChI=1S/C21H18N2O3S/c1-2-14-7-9-15(10-8-14)22-19-18(17-6-4-12-27-17)20(24)23(21(19)25)13-16-5-3-11-26-16/h3-12,22H,2,13H2,1H3. The minimum Gasteiger partial charge on any atom is -0.467 e. The van der Waals surface area contributed by atoms with Crippen molar-refractivity contribution in [2.45, 2.75) is 19.9 Å². The Morgan fingerprint density at radius 2 is 1.85 bits per heavy atom. The average molecular weight is 378 g/mol. The molecule has 0 atom stereocenters. The lowest BCUT2D eigenvalue weighted by Crippen LogP contribution is -2.31. The van der Waals surface area contributed by atoms with Crippen molar-refractivity contribution in [3.05, 3.63) is 82.1 Å². The van der Waals surface area contributed by atoms with E-state index in [0.29, 0.717) is 17.0 Å². The fourth-order valence-electron chi connectivity index (χ4n) is 3.01. The van der Waals surface area contributed by atoms with Crippen molar-refractivity contribution in [1.82, 2.24) is 4.90 Å². The smallest absolute Gasteiger partial charge is 0.278 e. The van der Waals surface area contributed by atoms with Crippen LogP contribution < -0.4 is 5.32 Å². The molecule has 2 aromatic heterocycles. The molecule has 2 amide bonds. The zero-order chi connectivity index (χ0) is 18.8. The second kappa shape index (κ2) is 7.25. The molecule has 0 radical (unpaired) electrons. The molecule has 0 saturated carbocycles. The maximum absolute atomic E-state index is 13.0. The van der Waals surface area contributed by atoms with Crippen LogP contribution >= 0.6 is 11.3 Å². The first-order valence-corrected chi connectivity index (χ1v) is 9.58. The summed E-state index contributed by atoms with van der Waals surface area (Å²) in [7, 11) is 0. The Labute approximate surface area is 160 Å². The molecule has 0 spiro atoms. The normalized spacial score (nSPS) is 14.3. The number of amides is 2.